The van der Waals surface area contributed by atoms with Crippen LogP contribution in [0.5, 0.6) is 0 Å². The van der Waals surface area contributed by atoms with Crippen LogP contribution in [0.2, 0.25) is 0 Å². The quantitative estimate of drug-likeness (QED) is 0.857. The van der Waals surface area contributed by atoms with Crippen LogP contribution in [0.25, 0.3) is 11.3 Å². The Bertz CT molecular complexity index is 462. The van der Waals surface area contributed by atoms with Crippen molar-refractivity contribution in [3.05, 3.63) is 30.1 Å². The van der Waals surface area contributed by atoms with Gasteiger partial charge in [-0.15, -0.1) is 0 Å². The van der Waals surface area contributed by atoms with Crippen molar-refractivity contribution in [3.8, 4) is 11.3 Å². The van der Waals surface area contributed by atoms with Gasteiger partial charge < -0.3 is 10.3 Å². The highest BCUT2D eigenvalue weighted by Crippen LogP contribution is 2.28. The van der Waals surface area contributed by atoms with E-state index in [1.165, 1.54) is 0 Å². The summed E-state index contributed by atoms with van der Waals surface area (Å²) in [5.74, 6) is 0.933. The van der Waals surface area contributed by atoms with Gasteiger partial charge in [-0.1, -0.05) is 19.0 Å². The largest absolute Gasteiger partial charge is 0.367 e. The first kappa shape index (κ1) is 10.7. The van der Waals surface area contributed by atoms with Gasteiger partial charge in [-0.2, -0.15) is 0 Å². The first-order valence-electron chi connectivity index (χ1n) is 5.33. The number of aromatic nitrogens is 2. The molecule has 0 spiro atoms. The highest BCUT2D eigenvalue weighted by atomic mass is 16.5. The van der Waals surface area contributed by atoms with Crippen molar-refractivity contribution < 1.29 is 4.52 Å². The maximum absolute atomic E-state index is 5.78. The number of rotatable bonds is 3. The molecule has 0 fully saturated rings. The smallest absolute Gasteiger partial charge is 0.225 e. The summed E-state index contributed by atoms with van der Waals surface area (Å²) in [5.41, 5.74) is 8.59. The van der Waals surface area contributed by atoms with E-state index < -0.39 is 0 Å². The number of nitrogens with two attached hydrogens (primary N) is 1. The molecule has 0 aromatic carbocycles. The third kappa shape index (κ3) is 2.05. The van der Waals surface area contributed by atoms with Gasteiger partial charge in [0.05, 0.1) is 0 Å². The second kappa shape index (κ2) is 4.35. The van der Waals surface area contributed by atoms with E-state index in [0.717, 1.165) is 23.2 Å². The predicted octanol–water partition coefficient (Wildman–Crippen LogP) is 2.52. The molecule has 2 aromatic rings. The molecule has 2 aromatic heterocycles. The summed E-state index contributed by atoms with van der Waals surface area (Å²) < 4.78 is 5.06. The summed E-state index contributed by atoms with van der Waals surface area (Å²) in [6.45, 7) is 4.28. The zero-order valence-corrected chi connectivity index (χ0v) is 9.47. The van der Waals surface area contributed by atoms with Crippen LogP contribution in [0.15, 0.2) is 29.0 Å². The van der Waals surface area contributed by atoms with E-state index in [4.69, 9.17) is 10.3 Å². The Hall–Kier alpha value is -1.84. The Kier molecular flexibility index (Phi) is 2.90. The minimum absolute atomic E-state index is 0.417. The molecule has 4 heteroatoms. The fourth-order valence-electron chi connectivity index (χ4n) is 1.66. The van der Waals surface area contributed by atoms with E-state index in [2.05, 4.69) is 24.0 Å². The number of pyridine rings is 1. The van der Waals surface area contributed by atoms with E-state index in [1.807, 2.05) is 12.1 Å². The second-order valence-corrected chi connectivity index (χ2v) is 4.21. The van der Waals surface area contributed by atoms with Gasteiger partial charge in [-0.05, 0) is 24.5 Å². The van der Waals surface area contributed by atoms with Crippen LogP contribution in [0.4, 0.5) is 5.88 Å². The molecule has 0 aliphatic heterocycles. The Morgan fingerprint density at radius 3 is 2.62 bits per heavy atom. The molecular weight excluding hydrogens is 202 g/mol. The molecule has 0 saturated heterocycles. The van der Waals surface area contributed by atoms with Crippen molar-refractivity contribution in [2.75, 3.05) is 5.73 Å². The number of nitrogen functional groups attached to an aromatic ring is 1. The molecule has 0 unspecified atom stereocenters. The summed E-state index contributed by atoms with van der Waals surface area (Å²) >= 11 is 0. The molecule has 2 N–H and O–H groups in total. The summed E-state index contributed by atoms with van der Waals surface area (Å²) in [7, 11) is 0. The molecular formula is C12H15N3O. The fraction of sp³-hybridized carbons (Fsp3) is 0.333. The SMILES string of the molecule is CC(C)Cc1c(-c2ccncc2)noc1N. The van der Waals surface area contributed by atoms with E-state index in [-0.39, 0.29) is 0 Å². The van der Waals surface area contributed by atoms with Gasteiger partial charge >= 0.3 is 0 Å². The molecule has 2 heterocycles. The molecule has 84 valence electrons. The molecule has 0 radical (unpaired) electrons. The molecule has 4 nitrogen and oxygen atoms in total. The lowest BCUT2D eigenvalue weighted by Gasteiger charge is -2.04. The molecule has 2 rings (SSSR count). The molecule has 0 aliphatic rings. The first-order chi connectivity index (χ1) is 7.68. The third-order valence-electron chi connectivity index (χ3n) is 2.38. The predicted molar refractivity (Wildman–Crippen MR) is 62.7 cm³/mol. The zero-order valence-electron chi connectivity index (χ0n) is 9.47. The Balaban J connectivity index is 2.42. The minimum atomic E-state index is 0.417. The summed E-state index contributed by atoms with van der Waals surface area (Å²) in [5, 5.41) is 4.01. The lowest BCUT2D eigenvalue weighted by molar-refractivity contribution is 0.438. The zero-order chi connectivity index (χ0) is 11.5. The average Bonchev–Trinajstić information content (AvgIpc) is 2.61. The van der Waals surface area contributed by atoms with Crippen molar-refractivity contribution in [3.63, 3.8) is 0 Å². The van der Waals surface area contributed by atoms with Crippen LogP contribution < -0.4 is 5.73 Å². The topological polar surface area (TPSA) is 64.9 Å². The van der Waals surface area contributed by atoms with Gasteiger partial charge in [0.1, 0.15) is 5.69 Å². The second-order valence-electron chi connectivity index (χ2n) is 4.21. The summed E-state index contributed by atoms with van der Waals surface area (Å²) in [6.07, 6.45) is 4.34. The van der Waals surface area contributed by atoms with Crippen LogP contribution in [0.1, 0.15) is 19.4 Å². The molecule has 0 bridgehead atoms. The highest BCUT2D eigenvalue weighted by molar-refractivity contribution is 5.66. The molecule has 0 amide bonds. The van der Waals surface area contributed by atoms with Crippen LogP contribution >= 0.6 is 0 Å². The highest BCUT2D eigenvalue weighted by Gasteiger charge is 2.16. The summed E-state index contributed by atoms with van der Waals surface area (Å²) in [4.78, 5) is 3.98. The van der Waals surface area contributed by atoms with Gasteiger partial charge in [-0.25, -0.2) is 0 Å². The monoisotopic (exact) mass is 217 g/mol. The van der Waals surface area contributed by atoms with Crippen molar-refractivity contribution in [2.24, 2.45) is 5.92 Å². The fourth-order valence-corrected chi connectivity index (χ4v) is 1.66. The Morgan fingerprint density at radius 1 is 1.31 bits per heavy atom. The lowest BCUT2D eigenvalue weighted by atomic mass is 10.00. The molecule has 16 heavy (non-hydrogen) atoms. The number of nitrogens with zero attached hydrogens (tertiary/aromatic N) is 2. The van der Waals surface area contributed by atoms with Crippen LogP contribution in [-0.2, 0) is 6.42 Å². The maximum atomic E-state index is 5.78. The lowest BCUT2D eigenvalue weighted by Crippen LogP contribution is -1.98. The normalized spacial score (nSPS) is 10.9. The minimum Gasteiger partial charge on any atom is -0.367 e. The van der Waals surface area contributed by atoms with Crippen LogP contribution in [0, 0.1) is 5.92 Å². The van der Waals surface area contributed by atoms with Crippen molar-refractivity contribution in [2.45, 2.75) is 20.3 Å². The average molecular weight is 217 g/mol. The van der Waals surface area contributed by atoms with E-state index in [0.29, 0.717) is 11.8 Å². The Morgan fingerprint density at radius 2 is 2.00 bits per heavy atom. The standard InChI is InChI=1S/C12H15N3O/c1-8(2)7-10-11(15-16-12(10)13)9-3-5-14-6-4-9/h3-6,8H,7,13H2,1-2H3. The van der Waals surface area contributed by atoms with E-state index >= 15 is 0 Å². The molecule has 0 aliphatic carbocycles. The van der Waals surface area contributed by atoms with Gasteiger partial charge in [0.15, 0.2) is 0 Å². The van der Waals surface area contributed by atoms with Crippen molar-refractivity contribution in [1.29, 1.82) is 0 Å². The van der Waals surface area contributed by atoms with Crippen molar-refractivity contribution in [1.82, 2.24) is 10.1 Å². The van der Waals surface area contributed by atoms with Gasteiger partial charge in [0.25, 0.3) is 0 Å². The maximum Gasteiger partial charge on any atom is 0.225 e. The Labute approximate surface area is 94.5 Å². The number of hydrogen-bond acceptors (Lipinski definition) is 4. The van der Waals surface area contributed by atoms with Crippen molar-refractivity contribution >= 4 is 5.88 Å². The van der Waals surface area contributed by atoms with Gasteiger partial charge in [0, 0.05) is 23.5 Å². The third-order valence-corrected chi connectivity index (χ3v) is 2.38. The molecule has 0 saturated carbocycles. The van der Waals surface area contributed by atoms with Crippen LogP contribution in [-0.4, -0.2) is 10.1 Å². The van der Waals surface area contributed by atoms with Gasteiger partial charge in [-0.3, -0.25) is 4.98 Å². The van der Waals surface area contributed by atoms with E-state index in [1.54, 1.807) is 12.4 Å². The van der Waals surface area contributed by atoms with E-state index in [9.17, 15) is 0 Å². The molecule has 0 atom stereocenters. The van der Waals surface area contributed by atoms with Gasteiger partial charge in [0.2, 0.25) is 5.88 Å². The number of anilines is 1. The first-order valence-corrected chi connectivity index (χ1v) is 5.33. The van der Waals surface area contributed by atoms with Crippen LogP contribution in [0.3, 0.4) is 0 Å². The number of hydrogen-bond donors (Lipinski definition) is 1. The summed E-state index contributed by atoms with van der Waals surface area (Å²) in [6, 6.07) is 3.81.